The molecule has 2 heterocycles. The van der Waals surface area contributed by atoms with E-state index in [1.807, 2.05) is 0 Å². The van der Waals surface area contributed by atoms with E-state index in [4.69, 9.17) is 6.42 Å². The summed E-state index contributed by atoms with van der Waals surface area (Å²) in [4.78, 5) is 7.92. The van der Waals surface area contributed by atoms with Crippen molar-refractivity contribution in [2.24, 2.45) is 0 Å². The molecule has 3 nitrogen and oxygen atoms in total. The van der Waals surface area contributed by atoms with Gasteiger partial charge in [0.25, 0.3) is 0 Å². The summed E-state index contributed by atoms with van der Waals surface area (Å²) in [6.45, 7) is 11.6. The third-order valence-corrected chi connectivity index (χ3v) is 6.89. The molecule has 2 aliphatic rings. The summed E-state index contributed by atoms with van der Waals surface area (Å²) in [7, 11) is 0. The maximum atomic E-state index is 5.49. The van der Waals surface area contributed by atoms with Crippen molar-refractivity contribution in [2.75, 3.05) is 44.2 Å². The van der Waals surface area contributed by atoms with Crippen molar-refractivity contribution >= 4 is 5.69 Å². The fraction of sp³-hybridized carbons (Fsp3) is 0.462. The Kier molecular flexibility index (Phi) is 6.23. The van der Waals surface area contributed by atoms with E-state index in [1.54, 1.807) is 0 Å². The molecule has 2 aromatic carbocycles. The molecule has 2 aromatic rings. The molecule has 0 radical (unpaired) electrons. The van der Waals surface area contributed by atoms with Crippen LogP contribution in [0.4, 0.5) is 5.69 Å². The number of anilines is 1. The Bertz CT molecular complexity index is 835. The standard InChI is InChI=1S/C26H33N3/c1-4-23-9-11-24(12-10-23)22(3)27-15-13-25(14-16-27)28-17-19-29(20-18-28)26-8-6-5-7-21(26)2/h1,5-12,22,25H,13-20H2,2-3H3. The van der Waals surface area contributed by atoms with Crippen LogP contribution in [0.3, 0.4) is 0 Å². The summed E-state index contributed by atoms with van der Waals surface area (Å²) in [5.74, 6) is 2.71. The van der Waals surface area contributed by atoms with E-state index in [0.29, 0.717) is 6.04 Å². The fourth-order valence-corrected chi connectivity index (χ4v) is 4.95. The number of hydrogen-bond acceptors (Lipinski definition) is 3. The highest BCUT2D eigenvalue weighted by atomic mass is 15.3. The Labute approximate surface area is 176 Å². The van der Waals surface area contributed by atoms with Crippen LogP contribution >= 0.6 is 0 Å². The first-order valence-corrected chi connectivity index (χ1v) is 11.0. The minimum absolute atomic E-state index is 0.459. The number of aryl methyl sites for hydroxylation is 1. The summed E-state index contributed by atoms with van der Waals surface area (Å²) in [6.07, 6.45) is 8.04. The molecule has 1 unspecified atom stereocenters. The van der Waals surface area contributed by atoms with Crippen molar-refractivity contribution in [3.63, 3.8) is 0 Å². The minimum atomic E-state index is 0.459. The second-order valence-electron chi connectivity index (χ2n) is 8.52. The Hall–Kier alpha value is -2.28. The van der Waals surface area contributed by atoms with Gasteiger partial charge in [0.2, 0.25) is 0 Å². The summed E-state index contributed by atoms with van der Waals surface area (Å²) in [5.41, 5.74) is 5.13. The molecule has 4 rings (SSSR count). The monoisotopic (exact) mass is 387 g/mol. The molecule has 0 N–H and O–H groups in total. The summed E-state index contributed by atoms with van der Waals surface area (Å²) >= 11 is 0. The van der Waals surface area contributed by atoms with E-state index < -0.39 is 0 Å². The van der Waals surface area contributed by atoms with Crippen molar-refractivity contribution < 1.29 is 0 Å². The van der Waals surface area contributed by atoms with Gasteiger partial charge in [-0.05, 0) is 56.0 Å². The van der Waals surface area contributed by atoms with Crippen molar-refractivity contribution in [2.45, 2.75) is 38.8 Å². The zero-order valence-corrected chi connectivity index (χ0v) is 17.8. The molecular weight excluding hydrogens is 354 g/mol. The number of piperazine rings is 1. The van der Waals surface area contributed by atoms with Gasteiger partial charge in [0.15, 0.2) is 0 Å². The molecule has 3 heteroatoms. The van der Waals surface area contributed by atoms with Gasteiger partial charge >= 0.3 is 0 Å². The van der Waals surface area contributed by atoms with E-state index in [1.165, 1.54) is 55.8 Å². The number of likely N-dealkylation sites (tertiary alicyclic amines) is 1. The lowest BCUT2D eigenvalue weighted by molar-refractivity contribution is 0.0840. The van der Waals surface area contributed by atoms with Gasteiger partial charge in [-0.2, -0.15) is 0 Å². The second kappa shape index (κ2) is 9.03. The van der Waals surface area contributed by atoms with Crippen molar-refractivity contribution in [3.8, 4) is 12.3 Å². The number of nitrogens with zero attached hydrogens (tertiary/aromatic N) is 3. The molecule has 29 heavy (non-hydrogen) atoms. The van der Waals surface area contributed by atoms with E-state index in [0.717, 1.165) is 24.7 Å². The molecule has 0 aromatic heterocycles. The highest BCUT2D eigenvalue weighted by molar-refractivity contribution is 5.53. The zero-order chi connectivity index (χ0) is 20.2. The molecule has 2 fully saturated rings. The summed E-state index contributed by atoms with van der Waals surface area (Å²) in [5, 5.41) is 0. The summed E-state index contributed by atoms with van der Waals surface area (Å²) < 4.78 is 0. The number of piperidine rings is 1. The lowest BCUT2D eigenvalue weighted by atomic mass is 9.98. The number of benzene rings is 2. The molecular formula is C26H33N3. The fourth-order valence-electron chi connectivity index (χ4n) is 4.95. The lowest BCUT2D eigenvalue weighted by Gasteiger charge is -2.44. The first-order valence-electron chi connectivity index (χ1n) is 11.0. The minimum Gasteiger partial charge on any atom is -0.369 e. The molecule has 0 spiro atoms. The van der Waals surface area contributed by atoms with Crippen molar-refractivity contribution in [1.82, 2.24) is 9.80 Å². The zero-order valence-electron chi connectivity index (χ0n) is 17.8. The van der Waals surface area contributed by atoms with Gasteiger partial charge in [-0.25, -0.2) is 0 Å². The normalized spacial score (nSPS) is 20.4. The third kappa shape index (κ3) is 4.50. The van der Waals surface area contributed by atoms with Gasteiger partial charge in [-0.1, -0.05) is 36.3 Å². The van der Waals surface area contributed by atoms with Gasteiger partial charge in [0.05, 0.1) is 0 Å². The van der Waals surface area contributed by atoms with Crippen LogP contribution < -0.4 is 4.90 Å². The predicted molar refractivity (Wildman–Crippen MR) is 122 cm³/mol. The van der Waals surface area contributed by atoms with Crippen LogP contribution in [0.2, 0.25) is 0 Å². The predicted octanol–water partition coefficient (Wildman–Crippen LogP) is 4.32. The van der Waals surface area contributed by atoms with Crippen LogP contribution in [-0.2, 0) is 0 Å². The quantitative estimate of drug-likeness (QED) is 0.723. The average Bonchev–Trinajstić information content (AvgIpc) is 2.79. The molecule has 152 valence electrons. The lowest BCUT2D eigenvalue weighted by Crippen LogP contribution is -2.53. The summed E-state index contributed by atoms with van der Waals surface area (Å²) in [6, 6.07) is 18.5. The number of terminal acetylenes is 1. The smallest absolute Gasteiger partial charge is 0.0396 e. The maximum absolute atomic E-state index is 5.49. The Morgan fingerprint density at radius 2 is 1.55 bits per heavy atom. The Morgan fingerprint density at radius 3 is 2.17 bits per heavy atom. The van der Waals surface area contributed by atoms with E-state index in [-0.39, 0.29) is 0 Å². The molecule has 0 saturated carbocycles. The van der Waals surface area contributed by atoms with Crippen molar-refractivity contribution in [3.05, 3.63) is 65.2 Å². The highest BCUT2D eigenvalue weighted by Gasteiger charge is 2.29. The van der Waals surface area contributed by atoms with Crippen molar-refractivity contribution in [1.29, 1.82) is 0 Å². The van der Waals surface area contributed by atoms with E-state index in [9.17, 15) is 0 Å². The van der Waals surface area contributed by atoms with Gasteiger partial charge in [-0.3, -0.25) is 9.80 Å². The molecule has 0 aliphatic carbocycles. The topological polar surface area (TPSA) is 9.72 Å². The van der Waals surface area contributed by atoms with E-state index in [2.05, 4.69) is 83.0 Å². The van der Waals surface area contributed by atoms with Crippen LogP contribution in [-0.4, -0.2) is 55.1 Å². The maximum Gasteiger partial charge on any atom is 0.0396 e. The SMILES string of the molecule is C#Cc1ccc(C(C)N2CCC(N3CCN(c4ccccc4C)CC3)CC2)cc1. The average molecular weight is 388 g/mol. The third-order valence-electron chi connectivity index (χ3n) is 6.89. The van der Waals surface area contributed by atoms with Crippen LogP contribution in [0.1, 0.15) is 42.5 Å². The van der Waals surface area contributed by atoms with Gasteiger partial charge in [0, 0.05) is 62.6 Å². The van der Waals surface area contributed by atoms with Gasteiger partial charge < -0.3 is 4.90 Å². The first-order chi connectivity index (χ1) is 14.2. The van der Waals surface area contributed by atoms with Crippen LogP contribution in [0.25, 0.3) is 0 Å². The van der Waals surface area contributed by atoms with Crippen LogP contribution in [0.15, 0.2) is 48.5 Å². The van der Waals surface area contributed by atoms with Crippen LogP contribution in [0.5, 0.6) is 0 Å². The highest BCUT2D eigenvalue weighted by Crippen LogP contribution is 2.28. The van der Waals surface area contributed by atoms with Crippen LogP contribution in [0, 0.1) is 19.3 Å². The number of para-hydroxylation sites is 1. The molecule has 2 saturated heterocycles. The Balaban J connectivity index is 1.28. The molecule has 0 bridgehead atoms. The van der Waals surface area contributed by atoms with E-state index >= 15 is 0 Å². The number of hydrogen-bond donors (Lipinski definition) is 0. The van der Waals surface area contributed by atoms with Gasteiger partial charge in [0.1, 0.15) is 0 Å². The molecule has 0 amide bonds. The Morgan fingerprint density at radius 1 is 0.897 bits per heavy atom. The number of rotatable bonds is 4. The largest absolute Gasteiger partial charge is 0.369 e. The first kappa shape index (κ1) is 20.0. The molecule has 2 aliphatic heterocycles. The molecule has 1 atom stereocenters. The van der Waals surface area contributed by atoms with Gasteiger partial charge in [-0.15, -0.1) is 6.42 Å². The second-order valence-corrected chi connectivity index (χ2v) is 8.52.